The average molecular weight is 164 g/mol. The lowest BCUT2D eigenvalue weighted by Crippen LogP contribution is -2.13. The molecule has 0 saturated heterocycles. The van der Waals surface area contributed by atoms with Gasteiger partial charge >= 0.3 is 0 Å². The average Bonchev–Trinajstić information content (AvgIpc) is 2.16. The molecule has 0 spiro atoms. The van der Waals surface area contributed by atoms with Crippen LogP contribution in [-0.2, 0) is 0 Å². The summed E-state index contributed by atoms with van der Waals surface area (Å²) in [5.74, 6) is 0. The Labute approximate surface area is 74.0 Å². The predicted octanol–water partition coefficient (Wildman–Crippen LogP) is 2.01. The van der Waals surface area contributed by atoms with Gasteiger partial charge in [0.05, 0.1) is 0 Å². The zero-order valence-electron chi connectivity index (χ0n) is 7.89. The van der Waals surface area contributed by atoms with E-state index >= 15 is 0 Å². The van der Waals surface area contributed by atoms with Crippen molar-refractivity contribution in [3.8, 4) is 0 Å². The molecular formula is C10H16N2. The Bertz CT molecular complexity index is 245. The molecule has 2 heteroatoms. The first-order chi connectivity index (χ1) is 5.79. The summed E-state index contributed by atoms with van der Waals surface area (Å²) < 4.78 is 0. The lowest BCUT2D eigenvalue weighted by atomic mass is 10.1. The molecule has 12 heavy (non-hydrogen) atoms. The highest BCUT2D eigenvalue weighted by molar-refractivity contribution is 5.51. The summed E-state index contributed by atoms with van der Waals surface area (Å²) in [6.07, 6.45) is 0. The van der Waals surface area contributed by atoms with Crippen LogP contribution in [0.1, 0.15) is 18.5 Å². The maximum absolute atomic E-state index is 3.22. The Hall–Kier alpha value is -1.02. The first-order valence-electron chi connectivity index (χ1n) is 4.23. The van der Waals surface area contributed by atoms with E-state index in [2.05, 4.69) is 35.8 Å². The number of nitrogens with one attached hydrogen (secondary N) is 2. The molecule has 0 saturated carbocycles. The molecule has 0 bridgehead atoms. The molecule has 0 aliphatic rings. The fourth-order valence-corrected chi connectivity index (χ4v) is 1.26. The Morgan fingerprint density at radius 3 is 2.42 bits per heavy atom. The van der Waals surface area contributed by atoms with Crippen molar-refractivity contribution in [3.63, 3.8) is 0 Å². The van der Waals surface area contributed by atoms with E-state index in [4.69, 9.17) is 0 Å². The van der Waals surface area contributed by atoms with Gasteiger partial charge in [0.1, 0.15) is 0 Å². The number of anilines is 1. The van der Waals surface area contributed by atoms with E-state index in [1.165, 1.54) is 11.3 Å². The Balaban J connectivity index is 2.96. The molecule has 2 nitrogen and oxygen atoms in total. The summed E-state index contributed by atoms with van der Waals surface area (Å²) in [6.45, 7) is 2.15. The summed E-state index contributed by atoms with van der Waals surface area (Å²) in [5.41, 5.74) is 2.50. The molecule has 1 unspecified atom stereocenters. The monoisotopic (exact) mass is 164 g/mol. The first kappa shape index (κ1) is 9.07. The van der Waals surface area contributed by atoms with E-state index < -0.39 is 0 Å². The second-order valence-electron chi connectivity index (χ2n) is 2.85. The lowest BCUT2D eigenvalue weighted by molar-refractivity contribution is 0.654. The van der Waals surface area contributed by atoms with Gasteiger partial charge < -0.3 is 10.6 Å². The highest BCUT2D eigenvalue weighted by atomic mass is 14.9. The summed E-state index contributed by atoms with van der Waals surface area (Å²) in [5, 5.41) is 6.39. The van der Waals surface area contributed by atoms with E-state index in [0.29, 0.717) is 6.04 Å². The summed E-state index contributed by atoms with van der Waals surface area (Å²) in [4.78, 5) is 0. The second kappa shape index (κ2) is 4.12. The zero-order valence-corrected chi connectivity index (χ0v) is 7.89. The van der Waals surface area contributed by atoms with Crippen molar-refractivity contribution in [2.24, 2.45) is 0 Å². The summed E-state index contributed by atoms with van der Waals surface area (Å²) >= 11 is 0. The molecular weight excluding hydrogens is 148 g/mol. The van der Waals surface area contributed by atoms with Gasteiger partial charge in [-0.15, -0.1) is 0 Å². The van der Waals surface area contributed by atoms with E-state index in [1.807, 2.05) is 20.2 Å². The molecule has 0 amide bonds. The van der Waals surface area contributed by atoms with Gasteiger partial charge in [-0.2, -0.15) is 0 Å². The smallest absolute Gasteiger partial charge is 0.0385 e. The van der Waals surface area contributed by atoms with Gasteiger partial charge in [0.2, 0.25) is 0 Å². The highest BCUT2D eigenvalue weighted by Gasteiger charge is 2.05. The Morgan fingerprint density at radius 2 is 1.83 bits per heavy atom. The topological polar surface area (TPSA) is 24.1 Å². The van der Waals surface area contributed by atoms with Gasteiger partial charge in [-0.3, -0.25) is 0 Å². The van der Waals surface area contributed by atoms with Crippen molar-refractivity contribution in [3.05, 3.63) is 29.8 Å². The molecule has 1 rings (SSSR count). The van der Waals surface area contributed by atoms with Crippen molar-refractivity contribution in [1.82, 2.24) is 5.32 Å². The van der Waals surface area contributed by atoms with Gasteiger partial charge in [-0.25, -0.2) is 0 Å². The van der Waals surface area contributed by atoms with Crippen LogP contribution in [0.2, 0.25) is 0 Å². The predicted molar refractivity (Wildman–Crippen MR) is 53.5 cm³/mol. The Kier molecular flexibility index (Phi) is 3.11. The van der Waals surface area contributed by atoms with Crippen molar-refractivity contribution < 1.29 is 0 Å². The number of hydrogen-bond acceptors (Lipinski definition) is 2. The largest absolute Gasteiger partial charge is 0.388 e. The van der Waals surface area contributed by atoms with Crippen molar-refractivity contribution in [2.45, 2.75) is 13.0 Å². The van der Waals surface area contributed by atoms with Crippen molar-refractivity contribution in [1.29, 1.82) is 0 Å². The molecule has 0 aliphatic carbocycles. The van der Waals surface area contributed by atoms with Gasteiger partial charge in [0.15, 0.2) is 0 Å². The molecule has 0 radical (unpaired) electrons. The van der Waals surface area contributed by atoms with Crippen LogP contribution in [0.15, 0.2) is 24.3 Å². The van der Waals surface area contributed by atoms with Crippen LogP contribution in [0, 0.1) is 0 Å². The molecule has 0 fully saturated rings. The maximum Gasteiger partial charge on any atom is 0.0385 e. The molecule has 1 atom stereocenters. The quantitative estimate of drug-likeness (QED) is 0.714. The summed E-state index contributed by atoms with van der Waals surface area (Å²) in [6, 6.07) is 8.71. The van der Waals surface area contributed by atoms with Crippen LogP contribution in [0.25, 0.3) is 0 Å². The first-order valence-corrected chi connectivity index (χ1v) is 4.23. The molecule has 0 heterocycles. The third-order valence-corrected chi connectivity index (χ3v) is 2.13. The molecule has 0 aromatic heterocycles. The standard InChI is InChI=1S/C10H16N2/c1-8(11-2)9-6-4-5-7-10(9)12-3/h4-8,11-12H,1-3H3. The van der Waals surface area contributed by atoms with Gasteiger partial charge in [-0.1, -0.05) is 18.2 Å². The van der Waals surface area contributed by atoms with Crippen LogP contribution >= 0.6 is 0 Å². The van der Waals surface area contributed by atoms with E-state index in [1.54, 1.807) is 0 Å². The molecule has 0 aliphatic heterocycles. The molecule has 1 aromatic rings. The van der Waals surface area contributed by atoms with Gasteiger partial charge in [0.25, 0.3) is 0 Å². The fourth-order valence-electron chi connectivity index (χ4n) is 1.26. The van der Waals surface area contributed by atoms with Gasteiger partial charge in [-0.05, 0) is 25.6 Å². The molecule has 2 N–H and O–H groups in total. The van der Waals surface area contributed by atoms with E-state index in [0.717, 1.165) is 0 Å². The molecule has 1 aromatic carbocycles. The minimum atomic E-state index is 0.397. The number of rotatable bonds is 3. The number of para-hydroxylation sites is 1. The zero-order chi connectivity index (χ0) is 8.97. The van der Waals surface area contributed by atoms with Crippen LogP contribution in [-0.4, -0.2) is 14.1 Å². The van der Waals surface area contributed by atoms with E-state index in [-0.39, 0.29) is 0 Å². The van der Waals surface area contributed by atoms with Crippen molar-refractivity contribution in [2.75, 3.05) is 19.4 Å². The normalized spacial score (nSPS) is 12.6. The van der Waals surface area contributed by atoms with Crippen molar-refractivity contribution >= 4 is 5.69 Å². The lowest BCUT2D eigenvalue weighted by Gasteiger charge is -2.14. The van der Waals surface area contributed by atoms with Gasteiger partial charge in [0, 0.05) is 18.8 Å². The minimum Gasteiger partial charge on any atom is -0.388 e. The van der Waals surface area contributed by atoms with Crippen LogP contribution < -0.4 is 10.6 Å². The second-order valence-corrected chi connectivity index (χ2v) is 2.85. The molecule has 66 valence electrons. The van der Waals surface area contributed by atoms with E-state index in [9.17, 15) is 0 Å². The number of benzene rings is 1. The number of hydrogen-bond donors (Lipinski definition) is 2. The fraction of sp³-hybridized carbons (Fsp3) is 0.400. The third-order valence-electron chi connectivity index (χ3n) is 2.13. The Morgan fingerprint density at radius 1 is 1.17 bits per heavy atom. The van der Waals surface area contributed by atoms with Crippen LogP contribution in [0.3, 0.4) is 0 Å². The SMILES string of the molecule is CNc1ccccc1C(C)NC. The van der Waals surface area contributed by atoms with Crippen LogP contribution in [0.4, 0.5) is 5.69 Å². The van der Waals surface area contributed by atoms with Crippen LogP contribution in [0.5, 0.6) is 0 Å². The highest BCUT2D eigenvalue weighted by Crippen LogP contribution is 2.20. The maximum atomic E-state index is 3.22. The minimum absolute atomic E-state index is 0.397. The summed E-state index contributed by atoms with van der Waals surface area (Å²) in [7, 11) is 3.92. The third kappa shape index (κ3) is 1.77.